The maximum atomic E-state index is 9.15. The molecule has 0 aliphatic carbocycles. The number of azide groups is 1. The van der Waals surface area contributed by atoms with Gasteiger partial charge in [0, 0.05) is 4.91 Å². The molecule has 0 heterocycles. The molecule has 1 aromatic carbocycles. The van der Waals surface area contributed by atoms with E-state index in [4.69, 9.17) is 15.4 Å². The van der Waals surface area contributed by atoms with Crippen LogP contribution >= 0.6 is 0 Å². The minimum atomic E-state index is -1.08. The van der Waals surface area contributed by atoms with Gasteiger partial charge in [-0.05, 0) is 17.7 Å². The highest BCUT2D eigenvalue weighted by Gasteiger charge is 2.02. The summed E-state index contributed by atoms with van der Waals surface area (Å²) < 4.78 is 5.01. The van der Waals surface area contributed by atoms with Gasteiger partial charge in [-0.1, -0.05) is 23.3 Å². The molecule has 5 heteroatoms. The van der Waals surface area contributed by atoms with Gasteiger partial charge in [-0.3, -0.25) is 0 Å². The number of ether oxygens (including phenoxy) is 1. The number of aliphatic hydroxyl groups excluding tert-OH is 1. The Balaban J connectivity index is 2.45. The predicted molar refractivity (Wildman–Crippen MR) is 47.1 cm³/mol. The standard InChI is InChI=1S/C8H9N3O2/c9-11-10-6-8(12)13-7-4-2-1-3-5-7/h1-5,8,12H,6H2/t8-/m1/s1. The van der Waals surface area contributed by atoms with Crippen molar-refractivity contribution in [2.75, 3.05) is 6.54 Å². The summed E-state index contributed by atoms with van der Waals surface area (Å²) in [5, 5.41) is 12.3. The van der Waals surface area contributed by atoms with Crippen molar-refractivity contribution >= 4 is 0 Å². The molecule has 0 amide bonds. The van der Waals surface area contributed by atoms with Crippen LogP contribution in [0.25, 0.3) is 10.4 Å². The normalized spacial score (nSPS) is 11.5. The minimum absolute atomic E-state index is 0.0919. The molecule has 0 aliphatic rings. The van der Waals surface area contributed by atoms with Crippen LogP contribution in [0.1, 0.15) is 0 Å². The van der Waals surface area contributed by atoms with E-state index in [0.29, 0.717) is 5.75 Å². The zero-order valence-electron chi connectivity index (χ0n) is 6.87. The summed E-state index contributed by atoms with van der Waals surface area (Å²) in [6, 6.07) is 8.83. The van der Waals surface area contributed by atoms with Gasteiger partial charge in [0.05, 0.1) is 6.54 Å². The predicted octanol–water partition coefficient (Wildman–Crippen LogP) is 1.69. The van der Waals surface area contributed by atoms with E-state index in [1.807, 2.05) is 6.07 Å². The molecule has 1 aromatic rings. The lowest BCUT2D eigenvalue weighted by Crippen LogP contribution is -2.18. The van der Waals surface area contributed by atoms with Crippen molar-refractivity contribution < 1.29 is 9.84 Å². The number of para-hydroxylation sites is 1. The molecule has 1 N–H and O–H groups in total. The molecule has 0 spiro atoms. The Hall–Kier alpha value is -1.71. The number of hydrogen-bond acceptors (Lipinski definition) is 3. The Morgan fingerprint density at radius 1 is 1.46 bits per heavy atom. The molecule has 0 aliphatic heterocycles. The highest BCUT2D eigenvalue weighted by atomic mass is 16.6. The molecular weight excluding hydrogens is 170 g/mol. The summed E-state index contributed by atoms with van der Waals surface area (Å²) in [5.41, 5.74) is 7.97. The van der Waals surface area contributed by atoms with Crippen LogP contribution in [0.2, 0.25) is 0 Å². The summed E-state index contributed by atoms with van der Waals surface area (Å²) in [6.07, 6.45) is -1.08. The third-order valence-corrected chi connectivity index (χ3v) is 1.32. The quantitative estimate of drug-likeness (QED) is 0.330. The van der Waals surface area contributed by atoms with Crippen LogP contribution in [-0.2, 0) is 0 Å². The summed E-state index contributed by atoms with van der Waals surface area (Å²) in [4.78, 5) is 2.50. The number of benzene rings is 1. The Kier molecular flexibility index (Phi) is 3.63. The molecule has 0 saturated carbocycles. The monoisotopic (exact) mass is 179 g/mol. The van der Waals surface area contributed by atoms with Crippen molar-refractivity contribution in [3.63, 3.8) is 0 Å². The Bertz CT molecular complexity index is 296. The van der Waals surface area contributed by atoms with E-state index in [1.54, 1.807) is 24.3 Å². The molecule has 0 saturated heterocycles. The van der Waals surface area contributed by atoms with Crippen molar-refractivity contribution in [1.82, 2.24) is 0 Å². The van der Waals surface area contributed by atoms with Gasteiger partial charge in [-0.25, -0.2) is 0 Å². The summed E-state index contributed by atoms with van der Waals surface area (Å²) in [7, 11) is 0. The smallest absolute Gasteiger partial charge is 0.203 e. The first-order chi connectivity index (χ1) is 6.33. The van der Waals surface area contributed by atoms with E-state index < -0.39 is 6.29 Å². The van der Waals surface area contributed by atoms with Gasteiger partial charge in [0.1, 0.15) is 5.75 Å². The van der Waals surface area contributed by atoms with E-state index in [1.165, 1.54) is 0 Å². The van der Waals surface area contributed by atoms with Crippen molar-refractivity contribution in [3.05, 3.63) is 40.8 Å². The second-order valence-corrected chi connectivity index (χ2v) is 2.30. The molecule has 68 valence electrons. The molecule has 1 atom stereocenters. The van der Waals surface area contributed by atoms with Gasteiger partial charge >= 0.3 is 0 Å². The zero-order valence-corrected chi connectivity index (χ0v) is 6.87. The molecular formula is C8H9N3O2. The molecule has 0 unspecified atom stereocenters. The van der Waals surface area contributed by atoms with Crippen molar-refractivity contribution in [1.29, 1.82) is 0 Å². The Morgan fingerprint density at radius 2 is 2.15 bits per heavy atom. The molecule has 0 fully saturated rings. The van der Waals surface area contributed by atoms with Gasteiger partial charge in [0.25, 0.3) is 0 Å². The van der Waals surface area contributed by atoms with Crippen molar-refractivity contribution in [2.24, 2.45) is 5.11 Å². The lowest BCUT2D eigenvalue weighted by molar-refractivity contribution is -0.00845. The van der Waals surface area contributed by atoms with Gasteiger partial charge in [-0.2, -0.15) is 0 Å². The summed E-state index contributed by atoms with van der Waals surface area (Å²) in [5.74, 6) is 0.545. The average molecular weight is 179 g/mol. The van der Waals surface area contributed by atoms with Crippen LogP contribution in [0.15, 0.2) is 35.4 Å². The fourth-order valence-electron chi connectivity index (χ4n) is 0.800. The van der Waals surface area contributed by atoms with Gasteiger partial charge in [0.15, 0.2) is 0 Å². The van der Waals surface area contributed by atoms with Crippen LogP contribution in [0, 0.1) is 0 Å². The fourth-order valence-corrected chi connectivity index (χ4v) is 0.800. The van der Waals surface area contributed by atoms with E-state index in [2.05, 4.69) is 10.0 Å². The second kappa shape index (κ2) is 5.03. The fraction of sp³-hybridized carbons (Fsp3) is 0.250. The first-order valence-electron chi connectivity index (χ1n) is 3.73. The van der Waals surface area contributed by atoms with Gasteiger partial charge in [0.2, 0.25) is 6.29 Å². The van der Waals surface area contributed by atoms with E-state index in [9.17, 15) is 0 Å². The molecule has 0 radical (unpaired) electrons. The molecule has 5 nitrogen and oxygen atoms in total. The van der Waals surface area contributed by atoms with E-state index in [0.717, 1.165) is 0 Å². The van der Waals surface area contributed by atoms with Crippen LogP contribution in [-0.4, -0.2) is 17.9 Å². The van der Waals surface area contributed by atoms with Crippen LogP contribution in [0.3, 0.4) is 0 Å². The third-order valence-electron chi connectivity index (χ3n) is 1.32. The number of rotatable bonds is 4. The first kappa shape index (κ1) is 9.38. The van der Waals surface area contributed by atoms with E-state index >= 15 is 0 Å². The first-order valence-corrected chi connectivity index (χ1v) is 3.73. The highest BCUT2D eigenvalue weighted by Crippen LogP contribution is 2.09. The lowest BCUT2D eigenvalue weighted by Gasteiger charge is -2.09. The van der Waals surface area contributed by atoms with Crippen LogP contribution in [0.5, 0.6) is 5.75 Å². The maximum absolute atomic E-state index is 9.15. The summed E-state index contributed by atoms with van der Waals surface area (Å²) >= 11 is 0. The Morgan fingerprint density at radius 3 is 2.77 bits per heavy atom. The van der Waals surface area contributed by atoms with Gasteiger partial charge in [-0.15, -0.1) is 0 Å². The van der Waals surface area contributed by atoms with Crippen LogP contribution in [0.4, 0.5) is 0 Å². The lowest BCUT2D eigenvalue weighted by atomic mass is 10.3. The van der Waals surface area contributed by atoms with Crippen molar-refractivity contribution in [3.8, 4) is 5.75 Å². The average Bonchev–Trinajstić information content (AvgIpc) is 2.16. The second-order valence-electron chi connectivity index (χ2n) is 2.30. The molecule has 0 bridgehead atoms. The van der Waals surface area contributed by atoms with Crippen LogP contribution < -0.4 is 4.74 Å². The topological polar surface area (TPSA) is 78.2 Å². The van der Waals surface area contributed by atoms with Crippen molar-refractivity contribution in [2.45, 2.75) is 6.29 Å². The third kappa shape index (κ3) is 3.46. The number of nitrogens with zero attached hydrogens (tertiary/aromatic N) is 3. The SMILES string of the molecule is [N-]=[N+]=NC[C@H](O)Oc1ccccc1. The van der Waals surface area contributed by atoms with Gasteiger partial charge < -0.3 is 9.84 Å². The number of hydrogen-bond donors (Lipinski definition) is 1. The minimum Gasteiger partial charge on any atom is -0.465 e. The molecule has 0 aromatic heterocycles. The zero-order chi connectivity index (χ0) is 9.52. The molecule has 13 heavy (non-hydrogen) atoms. The summed E-state index contributed by atoms with van der Waals surface area (Å²) in [6.45, 7) is -0.0919. The highest BCUT2D eigenvalue weighted by molar-refractivity contribution is 5.20. The van der Waals surface area contributed by atoms with E-state index in [-0.39, 0.29) is 6.54 Å². The Labute approximate surface area is 75.2 Å². The molecule has 1 rings (SSSR count). The number of aliphatic hydroxyl groups is 1. The maximum Gasteiger partial charge on any atom is 0.203 e. The largest absolute Gasteiger partial charge is 0.465 e.